The zero-order valence-corrected chi connectivity index (χ0v) is 10.9. The Morgan fingerprint density at radius 1 is 1.00 bits per heavy atom. The van der Waals surface area contributed by atoms with Crippen LogP contribution in [-0.2, 0) is 10.4 Å². The maximum Gasteiger partial charge on any atom is 0.210 e. The van der Waals surface area contributed by atoms with Crippen LogP contribution in [0.3, 0.4) is 0 Å². The van der Waals surface area contributed by atoms with E-state index in [0.29, 0.717) is 5.56 Å². The average molecular weight is 284 g/mol. The number of para-hydroxylation sites is 1. The van der Waals surface area contributed by atoms with Crippen LogP contribution in [0.2, 0.25) is 0 Å². The van der Waals surface area contributed by atoms with Crippen LogP contribution in [0.5, 0.6) is 11.5 Å². The van der Waals surface area contributed by atoms with Crippen molar-refractivity contribution in [1.29, 1.82) is 0 Å². The summed E-state index contributed by atoms with van der Waals surface area (Å²) in [4.78, 5) is 11.3. The first-order chi connectivity index (χ1) is 10.1. The van der Waals surface area contributed by atoms with Crippen molar-refractivity contribution in [3.05, 3.63) is 65.4 Å². The van der Waals surface area contributed by atoms with Gasteiger partial charge in [-0.2, -0.15) is 0 Å². The predicted octanol–water partition coefficient (Wildman–Crippen LogP) is 2.10. The van der Waals surface area contributed by atoms with Gasteiger partial charge in [0.15, 0.2) is 17.8 Å². The molecule has 21 heavy (non-hydrogen) atoms. The molecule has 0 aliphatic carbocycles. The quantitative estimate of drug-likeness (QED) is 0.735. The van der Waals surface area contributed by atoms with Crippen molar-refractivity contribution in [2.45, 2.75) is 5.60 Å². The number of rotatable bonds is 2. The summed E-state index contributed by atoms with van der Waals surface area (Å²) in [6, 6.07) is 12.3. The highest BCUT2D eigenvalue weighted by atomic mass is 16.5. The summed E-state index contributed by atoms with van der Waals surface area (Å²) in [7, 11) is 0. The molecule has 3 rings (SSSR count). The minimum atomic E-state index is -2.15. The molecule has 3 N–H and O–H groups in total. The first-order valence-corrected chi connectivity index (χ1v) is 6.25. The molecule has 0 spiro atoms. The molecule has 2 aromatic carbocycles. The molecule has 0 fully saturated rings. The summed E-state index contributed by atoms with van der Waals surface area (Å²) in [6.07, 6.45) is 0.268. The van der Waals surface area contributed by atoms with Gasteiger partial charge in [0.2, 0.25) is 5.60 Å². The fourth-order valence-corrected chi connectivity index (χ4v) is 2.26. The Balaban J connectivity index is 2.20. The van der Waals surface area contributed by atoms with Crippen LogP contribution in [0.25, 0.3) is 5.76 Å². The van der Waals surface area contributed by atoms with Gasteiger partial charge in [-0.1, -0.05) is 18.2 Å². The lowest BCUT2D eigenvalue weighted by atomic mass is 9.88. The molecule has 0 aromatic heterocycles. The highest BCUT2D eigenvalue weighted by molar-refractivity contribution is 5.81. The van der Waals surface area contributed by atoms with Crippen LogP contribution in [0.1, 0.15) is 11.1 Å². The highest BCUT2D eigenvalue weighted by Gasteiger charge is 2.43. The van der Waals surface area contributed by atoms with Crippen LogP contribution in [0, 0.1) is 0 Å². The van der Waals surface area contributed by atoms with Crippen molar-refractivity contribution in [2.24, 2.45) is 0 Å². The number of carbonyl (C=O) groups is 1. The van der Waals surface area contributed by atoms with Gasteiger partial charge in [-0.15, -0.1) is 0 Å². The number of hydrogen-bond donors (Lipinski definition) is 3. The molecular formula is C16H12O5. The molecule has 1 unspecified atom stereocenters. The predicted molar refractivity (Wildman–Crippen MR) is 74.7 cm³/mol. The number of phenolic OH excluding ortho intramolecular Hbond substituents is 1. The number of aldehydes is 1. The summed E-state index contributed by atoms with van der Waals surface area (Å²) in [5.41, 5.74) is -1.54. The third-order valence-corrected chi connectivity index (χ3v) is 3.39. The summed E-state index contributed by atoms with van der Waals surface area (Å²) < 4.78 is 5.60. The van der Waals surface area contributed by atoms with Gasteiger partial charge < -0.3 is 20.1 Å². The Kier molecular flexibility index (Phi) is 2.92. The first kappa shape index (κ1) is 13.2. The number of ether oxygens (including phenoxy) is 1. The van der Waals surface area contributed by atoms with Crippen LogP contribution in [-0.4, -0.2) is 21.6 Å². The normalized spacial score (nSPS) is 20.6. The van der Waals surface area contributed by atoms with Gasteiger partial charge in [-0.25, -0.2) is 0 Å². The van der Waals surface area contributed by atoms with Gasteiger partial charge in [-0.3, -0.25) is 4.79 Å². The van der Waals surface area contributed by atoms with E-state index in [1.807, 2.05) is 0 Å². The maximum atomic E-state index is 11.3. The monoisotopic (exact) mass is 284 g/mol. The molecular weight excluding hydrogens is 272 g/mol. The zero-order chi connectivity index (χ0) is 15.0. The second kappa shape index (κ2) is 4.64. The van der Waals surface area contributed by atoms with E-state index in [-0.39, 0.29) is 29.1 Å². The van der Waals surface area contributed by atoms with Crippen molar-refractivity contribution in [1.82, 2.24) is 0 Å². The second-order valence-electron chi connectivity index (χ2n) is 4.71. The standard InChI is InChI=1S/C16H12O5/c17-9-16(20)12-3-1-2-4-13(12)21-14(15(16)19)10-5-7-11(18)8-6-10/h1-9,18-20H. The van der Waals surface area contributed by atoms with Crippen molar-refractivity contribution < 1.29 is 24.9 Å². The van der Waals surface area contributed by atoms with Crippen LogP contribution >= 0.6 is 0 Å². The minimum Gasteiger partial charge on any atom is -0.508 e. The van der Waals surface area contributed by atoms with E-state index in [1.54, 1.807) is 18.2 Å². The average Bonchev–Trinajstić information content (AvgIpc) is 2.52. The number of aliphatic hydroxyl groups excluding tert-OH is 1. The van der Waals surface area contributed by atoms with Crippen molar-refractivity contribution in [2.75, 3.05) is 0 Å². The molecule has 0 saturated heterocycles. The summed E-state index contributed by atoms with van der Waals surface area (Å²) in [6.45, 7) is 0. The number of benzene rings is 2. The number of aromatic hydroxyl groups is 1. The van der Waals surface area contributed by atoms with Crippen LogP contribution in [0.15, 0.2) is 54.3 Å². The summed E-state index contributed by atoms with van der Waals surface area (Å²) in [5.74, 6) is -0.265. The van der Waals surface area contributed by atoms with Crippen LogP contribution in [0.4, 0.5) is 0 Å². The van der Waals surface area contributed by atoms with Gasteiger partial charge in [0.05, 0.1) is 0 Å². The summed E-state index contributed by atoms with van der Waals surface area (Å²) in [5, 5.41) is 30.1. The molecule has 2 aromatic rings. The fourth-order valence-electron chi connectivity index (χ4n) is 2.26. The smallest absolute Gasteiger partial charge is 0.210 e. The lowest BCUT2D eigenvalue weighted by Crippen LogP contribution is -2.35. The molecule has 1 atom stereocenters. The molecule has 1 heterocycles. The van der Waals surface area contributed by atoms with E-state index in [2.05, 4.69) is 0 Å². The second-order valence-corrected chi connectivity index (χ2v) is 4.71. The molecule has 1 aliphatic heterocycles. The Morgan fingerprint density at radius 2 is 1.67 bits per heavy atom. The van der Waals surface area contributed by atoms with Crippen molar-refractivity contribution in [3.63, 3.8) is 0 Å². The Bertz CT molecular complexity index is 733. The van der Waals surface area contributed by atoms with Gasteiger partial charge >= 0.3 is 0 Å². The van der Waals surface area contributed by atoms with E-state index >= 15 is 0 Å². The molecule has 5 heteroatoms. The molecule has 106 valence electrons. The Hall–Kier alpha value is -2.79. The maximum absolute atomic E-state index is 11.3. The number of fused-ring (bicyclic) bond motifs is 1. The first-order valence-electron chi connectivity index (χ1n) is 6.25. The van der Waals surface area contributed by atoms with Gasteiger partial charge in [0.1, 0.15) is 11.5 Å². The van der Waals surface area contributed by atoms with E-state index < -0.39 is 11.4 Å². The van der Waals surface area contributed by atoms with Gasteiger partial charge in [0.25, 0.3) is 0 Å². The Labute approximate surface area is 120 Å². The highest BCUT2D eigenvalue weighted by Crippen LogP contribution is 2.42. The van der Waals surface area contributed by atoms with E-state index in [9.17, 15) is 20.1 Å². The van der Waals surface area contributed by atoms with E-state index in [4.69, 9.17) is 4.74 Å². The lowest BCUT2D eigenvalue weighted by Gasteiger charge is -2.30. The number of phenols is 1. The number of carbonyl (C=O) groups excluding carboxylic acids is 1. The third kappa shape index (κ3) is 1.95. The molecule has 0 saturated carbocycles. The van der Waals surface area contributed by atoms with Crippen molar-refractivity contribution in [3.8, 4) is 11.5 Å². The minimum absolute atomic E-state index is 0.0247. The largest absolute Gasteiger partial charge is 0.508 e. The third-order valence-electron chi connectivity index (χ3n) is 3.39. The SMILES string of the molecule is O=CC1(O)C(O)=C(c2ccc(O)cc2)Oc2ccccc21. The number of aliphatic hydroxyl groups is 2. The molecule has 0 bridgehead atoms. The van der Waals surface area contributed by atoms with Crippen molar-refractivity contribution >= 4 is 12.0 Å². The number of hydrogen-bond acceptors (Lipinski definition) is 5. The lowest BCUT2D eigenvalue weighted by molar-refractivity contribution is -0.124. The zero-order valence-electron chi connectivity index (χ0n) is 10.9. The molecule has 1 aliphatic rings. The Morgan fingerprint density at radius 3 is 2.33 bits per heavy atom. The van der Waals surface area contributed by atoms with E-state index in [0.717, 1.165) is 0 Å². The fraction of sp³-hybridized carbons (Fsp3) is 0.0625. The summed E-state index contributed by atoms with van der Waals surface area (Å²) >= 11 is 0. The molecule has 0 amide bonds. The van der Waals surface area contributed by atoms with E-state index in [1.165, 1.54) is 30.3 Å². The topological polar surface area (TPSA) is 87.0 Å². The molecule has 0 radical (unpaired) electrons. The van der Waals surface area contributed by atoms with Crippen LogP contribution < -0.4 is 4.74 Å². The molecule has 5 nitrogen and oxygen atoms in total. The van der Waals surface area contributed by atoms with Gasteiger partial charge in [0, 0.05) is 11.1 Å². The van der Waals surface area contributed by atoms with Gasteiger partial charge in [-0.05, 0) is 30.3 Å².